The first-order chi connectivity index (χ1) is 10.1. The first-order valence-electron chi connectivity index (χ1n) is 6.90. The number of nitro groups is 1. The maximum absolute atomic E-state index is 11.3. The summed E-state index contributed by atoms with van der Waals surface area (Å²) in [7, 11) is 0. The number of nitrogens with one attached hydrogen (secondary N) is 2. The van der Waals surface area contributed by atoms with Crippen molar-refractivity contribution in [3.63, 3.8) is 0 Å². The van der Waals surface area contributed by atoms with Gasteiger partial charge in [0.05, 0.1) is 4.92 Å². The number of thiophene rings is 1. The molecule has 1 aromatic heterocycles. The molecule has 1 heterocycles. The van der Waals surface area contributed by atoms with Gasteiger partial charge in [0.25, 0.3) is 0 Å². The van der Waals surface area contributed by atoms with Gasteiger partial charge >= 0.3 is 5.69 Å². The molecule has 21 heavy (non-hydrogen) atoms. The highest BCUT2D eigenvalue weighted by Crippen LogP contribution is 2.33. The highest BCUT2D eigenvalue weighted by molar-refractivity contribution is 7.07. The van der Waals surface area contributed by atoms with E-state index in [-0.39, 0.29) is 16.7 Å². The van der Waals surface area contributed by atoms with Crippen LogP contribution < -0.4 is 10.6 Å². The summed E-state index contributed by atoms with van der Waals surface area (Å²) in [6.45, 7) is 4.60. The van der Waals surface area contributed by atoms with Crippen molar-refractivity contribution in [2.24, 2.45) is 0 Å². The van der Waals surface area contributed by atoms with Gasteiger partial charge in [-0.3, -0.25) is 10.1 Å². The number of benzene rings is 1. The summed E-state index contributed by atoms with van der Waals surface area (Å²) in [5, 5.41) is 21.8. The molecule has 1 aromatic carbocycles. The Labute approximate surface area is 128 Å². The average Bonchev–Trinajstić information content (AvgIpc) is 2.91. The van der Waals surface area contributed by atoms with E-state index in [9.17, 15) is 10.1 Å². The standard InChI is InChI=1S/C15H19N3O2S/c1-3-16-13-5-4-6-14(15(13)18(19)20)17-11(2)9-12-7-8-21-10-12/h4-8,10-11,16-17H,3,9H2,1-2H3. The van der Waals surface area contributed by atoms with Crippen LogP contribution in [0.2, 0.25) is 0 Å². The SMILES string of the molecule is CCNc1cccc(NC(C)Cc2ccsc2)c1[N+](=O)[O-]. The molecule has 0 amide bonds. The molecule has 0 radical (unpaired) electrons. The van der Waals surface area contributed by atoms with Crippen LogP contribution in [0.3, 0.4) is 0 Å². The Morgan fingerprint density at radius 3 is 2.71 bits per heavy atom. The van der Waals surface area contributed by atoms with Gasteiger partial charge < -0.3 is 10.6 Å². The minimum Gasteiger partial charge on any atom is -0.380 e. The maximum atomic E-state index is 11.3. The number of hydrogen-bond donors (Lipinski definition) is 2. The van der Waals surface area contributed by atoms with Gasteiger partial charge in [-0.15, -0.1) is 0 Å². The second-order valence-corrected chi connectivity index (χ2v) is 5.65. The number of nitro benzene ring substituents is 1. The van der Waals surface area contributed by atoms with Crippen LogP contribution in [-0.4, -0.2) is 17.5 Å². The Bertz CT molecular complexity index is 599. The van der Waals surface area contributed by atoms with Crippen LogP contribution in [0.4, 0.5) is 17.1 Å². The summed E-state index contributed by atoms with van der Waals surface area (Å²) in [6, 6.07) is 7.51. The maximum Gasteiger partial charge on any atom is 0.315 e. The minimum atomic E-state index is -0.336. The molecule has 5 nitrogen and oxygen atoms in total. The molecule has 2 aromatic rings. The second-order valence-electron chi connectivity index (χ2n) is 4.87. The largest absolute Gasteiger partial charge is 0.380 e. The number of rotatable bonds is 7. The molecule has 0 aliphatic heterocycles. The molecular formula is C15H19N3O2S. The molecule has 0 spiro atoms. The van der Waals surface area contributed by atoms with Crippen molar-refractivity contribution >= 4 is 28.4 Å². The first-order valence-corrected chi connectivity index (χ1v) is 7.85. The molecule has 2 rings (SSSR count). The van der Waals surface area contributed by atoms with Crippen molar-refractivity contribution in [2.45, 2.75) is 26.3 Å². The third-order valence-electron chi connectivity index (χ3n) is 3.11. The van der Waals surface area contributed by atoms with E-state index in [0.29, 0.717) is 17.9 Å². The van der Waals surface area contributed by atoms with Crippen molar-refractivity contribution in [1.29, 1.82) is 0 Å². The van der Waals surface area contributed by atoms with E-state index in [1.165, 1.54) is 5.56 Å². The summed E-state index contributed by atoms with van der Waals surface area (Å²) in [4.78, 5) is 11.0. The molecule has 112 valence electrons. The highest BCUT2D eigenvalue weighted by atomic mass is 32.1. The molecule has 0 aliphatic rings. The Balaban J connectivity index is 2.18. The summed E-state index contributed by atoms with van der Waals surface area (Å²) < 4.78 is 0. The van der Waals surface area contributed by atoms with E-state index in [1.807, 2.05) is 25.3 Å². The quantitative estimate of drug-likeness (QED) is 0.596. The van der Waals surface area contributed by atoms with Gasteiger partial charge in [-0.2, -0.15) is 11.3 Å². The second kappa shape index (κ2) is 7.08. The number of hydrogen-bond acceptors (Lipinski definition) is 5. The number of para-hydroxylation sites is 1. The Kier molecular flexibility index (Phi) is 5.16. The minimum absolute atomic E-state index is 0.108. The average molecular weight is 305 g/mol. The highest BCUT2D eigenvalue weighted by Gasteiger charge is 2.20. The molecule has 1 atom stereocenters. The summed E-state index contributed by atoms with van der Waals surface area (Å²) in [6.07, 6.45) is 0.839. The van der Waals surface area contributed by atoms with Gasteiger partial charge in [-0.1, -0.05) is 6.07 Å². The van der Waals surface area contributed by atoms with Crippen molar-refractivity contribution in [3.8, 4) is 0 Å². The predicted octanol–water partition coefficient (Wildman–Crippen LogP) is 4.13. The van der Waals surface area contributed by atoms with E-state index in [2.05, 4.69) is 22.1 Å². The Morgan fingerprint density at radius 2 is 2.10 bits per heavy atom. The van der Waals surface area contributed by atoms with E-state index in [0.717, 1.165) is 6.42 Å². The van der Waals surface area contributed by atoms with Gasteiger partial charge in [-0.05, 0) is 54.8 Å². The predicted molar refractivity (Wildman–Crippen MR) is 88.4 cm³/mol. The van der Waals surface area contributed by atoms with Crippen LogP contribution in [0, 0.1) is 10.1 Å². The lowest BCUT2D eigenvalue weighted by Gasteiger charge is -2.16. The van der Waals surface area contributed by atoms with E-state index in [1.54, 1.807) is 23.5 Å². The fourth-order valence-corrected chi connectivity index (χ4v) is 2.95. The smallest absolute Gasteiger partial charge is 0.315 e. The van der Waals surface area contributed by atoms with Crippen molar-refractivity contribution in [3.05, 3.63) is 50.7 Å². The van der Waals surface area contributed by atoms with Crippen molar-refractivity contribution in [1.82, 2.24) is 0 Å². The Hall–Kier alpha value is -2.08. The van der Waals surface area contributed by atoms with Crippen LogP contribution in [0.25, 0.3) is 0 Å². The normalized spacial score (nSPS) is 11.9. The van der Waals surface area contributed by atoms with Gasteiger partial charge in [0.1, 0.15) is 11.4 Å². The lowest BCUT2D eigenvalue weighted by Crippen LogP contribution is -2.19. The van der Waals surface area contributed by atoms with E-state index < -0.39 is 0 Å². The molecule has 6 heteroatoms. The van der Waals surface area contributed by atoms with Crippen molar-refractivity contribution < 1.29 is 4.92 Å². The van der Waals surface area contributed by atoms with E-state index >= 15 is 0 Å². The molecule has 1 unspecified atom stereocenters. The van der Waals surface area contributed by atoms with Gasteiger partial charge in [0.2, 0.25) is 0 Å². The lowest BCUT2D eigenvalue weighted by atomic mass is 10.1. The Morgan fingerprint density at radius 1 is 1.33 bits per heavy atom. The van der Waals surface area contributed by atoms with E-state index in [4.69, 9.17) is 0 Å². The first kappa shape index (κ1) is 15.3. The van der Waals surface area contributed by atoms with Crippen LogP contribution in [-0.2, 0) is 6.42 Å². The number of anilines is 2. The lowest BCUT2D eigenvalue weighted by molar-refractivity contribution is -0.383. The molecular weight excluding hydrogens is 286 g/mol. The summed E-state index contributed by atoms with van der Waals surface area (Å²) >= 11 is 1.66. The number of nitrogens with zero attached hydrogens (tertiary/aromatic N) is 1. The molecule has 2 N–H and O–H groups in total. The fourth-order valence-electron chi connectivity index (χ4n) is 2.27. The fraction of sp³-hybridized carbons (Fsp3) is 0.333. The topological polar surface area (TPSA) is 67.2 Å². The van der Waals surface area contributed by atoms with Crippen LogP contribution >= 0.6 is 11.3 Å². The van der Waals surface area contributed by atoms with Crippen molar-refractivity contribution in [2.75, 3.05) is 17.2 Å². The zero-order valence-electron chi connectivity index (χ0n) is 12.1. The molecule has 0 aliphatic carbocycles. The summed E-state index contributed by atoms with van der Waals surface area (Å²) in [5.41, 5.74) is 2.46. The van der Waals surface area contributed by atoms with Crippen LogP contribution in [0.15, 0.2) is 35.0 Å². The third kappa shape index (κ3) is 3.95. The summed E-state index contributed by atoms with van der Waals surface area (Å²) in [5.74, 6) is 0. The van der Waals surface area contributed by atoms with Crippen LogP contribution in [0.5, 0.6) is 0 Å². The molecule has 0 saturated heterocycles. The van der Waals surface area contributed by atoms with Gasteiger partial charge in [0, 0.05) is 12.6 Å². The molecule has 0 saturated carbocycles. The molecule has 0 fully saturated rings. The van der Waals surface area contributed by atoms with Gasteiger partial charge in [-0.25, -0.2) is 0 Å². The third-order valence-corrected chi connectivity index (χ3v) is 3.84. The van der Waals surface area contributed by atoms with Crippen LogP contribution in [0.1, 0.15) is 19.4 Å². The zero-order chi connectivity index (χ0) is 15.2. The monoisotopic (exact) mass is 305 g/mol. The molecule has 0 bridgehead atoms. The zero-order valence-corrected chi connectivity index (χ0v) is 12.9. The van der Waals surface area contributed by atoms with Gasteiger partial charge in [0.15, 0.2) is 0 Å².